The van der Waals surface area contributed by atoms with Crippen LogP contribution in [0.15, 0.2) is 70.6 Å². The standard InChI is InChI=1S/C32H30BF2N7/c1-5-21-23(7-3)38-28-26(36-21)25(19-15-11-9-12-16-19)40-31(28)41-32-29-27(37-22(6-2)24(8-4)39-29)30(42(32)33(34)35)20-17-13-10-14-18-20/h9-18H,5-8H2,1-4H3/b41-31-. The Bertz CT molecular complexity index is 1850. The Morgan fingerprint density at radius 3 is 1.69 bits per heavy atom. The van der Waals surface area contributed by atoms with E-state index in [1.807, 2.05) is 76.2 Å². The molecule has 0 atom stereocenters. The second-order valence-electron chi connectivity index (χ2n) is 9.99. The fourth-order valence-corrected chi connectivity index (χ4v) is 5.47. The lowest BCUT2D eigenvalue weighted by Gasteiger charge is -2.09. The molecule has 2 aromatic carbocycles. The number of nitrogens with zero attached hydrogens (tertiary/aromatic N) is 7. The SMILES string of the molecule is CCc1nc2c(nc1CC)/C(=N/c1c3nc(CC)c(CC)nc3c(-c3ccccc3)n1B(F)F)N=C2c1ccccc1. The Morgan fingerprint density at radius 1 is 0.643 bits per heavy atom. The molecule has 0 bridgehead atoms. The summed E-state index contributed by atoms with van der Waals surface area (Å²) in [6.45, 7) is 8.04. The molecule has 3 aromatic heterocycles. The number of rotatable bonds is 8. The average molecular weight is 561 g/mol. The molecule has 0 saturated carbocycles. The summed E-state index contributed by atoms with van der Waals surface area (Å²) in [4.78, 5) is 29.4. The number of aryl methyl sites for hydroxylation is 4. The molecule has 0 aliphatic carbocycles. The molecule has 0 amide bonds. The third-order valence-electron chi connectivity index (χ3n) is 7.50. The van der Waals surface area contributed by atoms with Crippen molar-refractivity contribution in [3.05, 3.63) is 100 Å². The van der Waals surface area contributed by atoms with Crippen LogP contribution in [-0.4, -0.2) is 43.4 Å². The van der Waals surface area contributed by atoms with Gasteiger partial charge in [0.15, 0.2) is 11.7 Å². The molecule has 4 heterocycles. The molecule has 0 unspecified atom stereocenters. The number of fused-ring (bicyclic) bond motifs is 2. The number of hydrogen-bond donors (Lipinski definition) is 0. The summed E-state index contributed by atoms with van der Waals surface area (Å²) in [5.74, 6) is 0.233. The smallest absolute Gasteiger partial charge is 0.306 e. The van der Waals surface area contributed by atoms with Crippen LogP contribution in [-0.2, 0) is 25.7 Å². The van der Waals surface area contributed by atoms with Gasteiger partial charge in [-0.15, -0.1) is 0 Å². The predicted octanol–water partition coefficient (Wildman–Crippen LogP) is 6.84. The first-order chi connectivity index (χ1) is 20.5. The van der Waals surface area contributed by atoms with Gasteiger partial charge in [-0.3, -0.25) is 8.63 Å². The number of aliphatic imine (C=N–C) groups is 2. The van der Waals surface area contributed by atoms with E-state index in [1.54, 1.807) is 12.1 Å². The second kappa shape index (κ2) is 11.4. The van der Waals surface area contributed by atoms with Gasteiger partial charge in [0.25, 0.3) is 0 Å². The van der Waals surface area contributed by atoms with Crippen LogP contribution in [0.2, 0.25) is 0 Å². The molecule has 5 aromatic rings. The molecule has 10 heteroatoms. The van der Waals surface area contributed by atoms with Gasteiger partial charge in [-0.05, 0) is 31.2 Å². The van der Waals surface area contributed by atoms with Crippen molar-refractivity contribution in [1.29, 1.82) is 0 Å². The number of amidine groups is 1. The minimum absolute atomic E-state index is 0.00198. The first-order valence-electron chi connectivity index (χ1n) is 14.4. The maximum absolute atomic E-state index is 15.1. The lowest BCUT2D eigenvalue weighted by Crippen LogP contribution is -2.14. The summed E-state index contributed by atoms with van der Waals surface area (Å²) in [5.41, 5.74) is 7.41. The highest BCUT2D eigenvalue weighted by atomic mass is 19.2. The summed E-state index contributed by atoms with van der Waals surface area (Å²) < 4.78 is 31.1. The van der Waals surface area contributed by atoms with Gasteiger partial charge in [0, 0.05) is 5.56 Å². The van der Waals surface area contributed by atoms with Gasteiger partial charge in [0.05, 0.1) is 28.5 Å². The minimum atomic E-state index is -2.90. The summed E-state index contributed by atoms with van der Waals surface area (Å²) >= 11 is 0. The van der Waals surface area contributed by atoms with Crippen molar-refractivity contribution in [2.75, 3.05) is 0 Å². The van der Waals surface area contributed by atoms with Crippen molar-refractivity contribution >= 4 is 35.8 Å². The van der Waals surface area contributed by atoms with Crippen LogP contribution in [0.3, 0.4) is 0 Å². The van der Waals surface area contributed by atoms with Gasteiger partial charge in [0.2, 0.25) is 0 Å². The van der Waals surface area contributed by atoms with Gasteiger partial charge in [0.1, 0.15) is 28.1 Å². The highest BCUT2D eigenvalue weighted by Gasteiger charge is 2.33. The van der Waals surface area contributed by atoms with Gasteiger partial charge in [-0.2, -0.15) is 0 Å². The zero-order chi connectivity index (χ0) is 29.4. The normalized spacial score (nSPS) is 13.6. The lowest BCUT2D eigenvalue weighted by atomic mass is 10.1. The Hall–Kier alpha value is -4.60. The van der Waals surface area contributed by atoms with Crippen LogP contribution >= 0.6 is 0 Å². The van der Waals surface area contributed by atoms with Crippen LogP contribution in [0.25, 0.3) is 22.3 Å². The lowest BCUT2D eigenvalue weighted by molar-refractivity contribution is 0.633. The maximum atomic E-state index is 15.1. The Balaban J connectivity index is 1.70. The van der Waals surface area contributed by atoms with Crippen LogP contribution in [0.1, 0.15) is 67.4 Å². The molecule has 6 rings (SSSR count). The first kappa shape index (κ1) is 27.6. The Kier molecular flexibility index (Phi) is 7.45. The number of benzene rings is 2. The zero-order valence-corrected chi connectivity index (χ0v) is 24.1. The maximum Gasteiger partial charge on any atom is 0.679 e. The van der Waals surface area contributed by atoms with Crippen LogP contribution in [0.4, 0.5) is 14.4 Å². The summed E-state index contributed by atoms with van der Waals surface area (Å²) in [7, 11) is -2.90. The largest absolute Gasteiger partial charge is 0.679 e. The molecule has 0 fully saturated rings. The van der Waals surface area contributed by atoms with Gasteiger partial charge in [-0.25, -0.2) is 29.9 Å². The molecule has 0 radical (unpaired) electrons. The Morgan fingerprint density at radius 2 is 1.14 bits per heavy atom. The van der Waals surface area contributed by atoms with Gasteiger partial charge >= 0.3 is 7.40 Å². The molecule has 0 spiro atoms. The van der Waals surface area contributed by atoms with E-state index in [2.05, 4.69) is 0 Å². The average Bonchev–Trinajstić information content (AvgIpc) is 3.55. The fraction of sp³-hybridized carbons (Fsp3) is 0.250. The highest BCUT2D eigenvalue weighted by Crippen LogP contribution is 2.39. The summed E-state index contributed by atoms with van der Waals surface area (Å²) in [6.07, 6.45) is 2.65. The molecular weight excluding hydrogens is 531 g/mol. The van der Waals surface area contributed by atoms with Crippen molar-refractivity contribution in [2.45, 2.75) is 53.4 Å². The summed E-state index contributed by atoms with van der Waals surface area (Å²) in [6, 6.07) is 18.8. The van der Waals surface area contributed by atoms with Crippen LogP contribution in [0.5, 0.6) is 0 Å². The molecule has 42 heavy (non-hydrogen) atoms. The van der Waals surface area contributed by atoms with Crippen molar-refractivity contribution < 1.29 is 8.63 Å². The van der Waals surface area contributed by atoms with E-state index in [0.29, 0.717) is 59.4 Å². The number of halogens is 2. The Labute approximate surface area is 243 Å². The molecule has 7 nitrogen and oxygen atoms in total. The second-order valence-corrected chi connectivity index (χ2v) is 9.99. The molecule has 1 aliphatic rings. The quantitative estimate of drug-likeness (QED) is 0.194. The third-order valence-corrected chi connectivity index (χ3v) is 7.50. The van der Waals surface area contributed by atoms with Crippen molar-refractivity contribution in [3.8, 4) is 11.3 Å². The van der Waals surface area contributed by atoms with E-state index >= 15 is 8.63 Å². The molecule has 1 aliphatic heterocycles. The number of aromatic nitrogens is 5. The van der Waals surface area contributed by atoms with E-state index in [1.165, 1.54) is 0 Å². The van der Waals surface area contributed by atoms with Crippen molar-refractivity contribution in [2.24, 2.45) is 9.98 Å². The number of hydrogen-bond acceptors (Lipinski definition) is 5. The van der Waals surface area contributed by atoms with E-state index in [0.717, 1.165) is 32.8 Å². The minimum Gasteiger partial charge on any atom is -0.306 e. The summed E-state index contributed by atoms with van der Waals surface area (Å²) in [5, 5.41) is 0. The van der Waals surface area contributed by atoms with E-state index in [-0.39, 0.29) is 17.3 Å². The first-order valence-corrected chi connectivity index (χ1v) is 14.4. The van der Waals surface area contributed by atoms with Crippen molar-refractivity contribution in [1.82, 2.24) is 24.4 Å². The topological polar surface area (TPSA) is 81.2 Å². The van der Waals surface area contributed by atoms with E-state index < -0.39 is 7.40 Å². The predicted molar refractivity (Wildman–Crippen MR) is 164 cm³/mol. The van der Waals surface area contributed by atoms with Crippen LogP contribution < -0.4 is 0 Å². The monoisotopic (exact) mass is 561 g/mol. The van der Waals surface area contributed by atoms with Crippen LogP contribution in [0, 0.1) is 0 Å². The fourth-order valence-electron chi connectivity index (χ4n) is 5.47. The molecule has 0 N–H and O–H groups in total. The van der Waals surface area contributed by atoms with E-state index in [9.17, 15) is 0 Å². The van der Waals surface area contributed by atoms with Gasteiger partial charge < -0.3 is 4.48 Å². The third kappa shape index (κ3) is 4.60. The molecule has 210 valence electrons. The van der Waals surface area contributed by atoms with E-state index in [4.69, 9.17) is 29.9 Å². The zero-order valence-electron chi connectivity index (χ0n) is 24.1. The molecule has 0 saturated heterocycles. The van der Waals surface area contributed by atoms with Crippen molar-refractivity contribution in [3.63, 3.8) is 0 Å². The molecular formula is C32H30BF2N7. The van der Waals surface area contributed by atoms with Gasteiger partial charge in [-0.1, -0.05) is 88.4 Å². The highest BCUT2D eigenvalue weighted by molar-refractivity contribution is 6.44.